The summed E-state index contributed by atoms with van der Waals surface area (Å²) in [6, 6.07) is 12.3. The van der Waals surface area contributed by atoms with Crippen molar-refractivity contribution in [2.24, 2.45) is 0 Å². The summed E-state index contributed by atoms with van der Waals surface area (Å²) >= 11 is 0. The molecule has 0 amide bonds. The number of benzene rings is 2. The first-order valence-electron chi connectivity index (χ1n) is 8.94. The molecule has 0 unspecified atom stereocenters. The zero-order valence-corrected chi connectivity index (χ0v) is 15.7. The Balaban J connectivity index is 1.72. The Hall–Kier alpha value is -3.08. The van der Waals surface area contributed by atoms with E-state index in [1.54, 1.807) is 18.2 Å². The van der Waals surface area contributed by atoms with Crippen molar-refractivity contribution in [1.29, 1.82) is 0 Å². The van der Waals surface area contributed by atoms with Gasteiger partial charge in [0.25, 0.3) is 0 Å². The Labute approximate surface area is 157 Å². The number of hydrogen-bond acceptors (Lipinski definition) is 5. The normalized spacial score (nSPS) is 10.8. The number of carbonyl (C=O) groups is 1. The van der Waals surface area contributed by atoms with Crippen molar-refractivity contribution < 1.29 is 18.7 Å². The molecule has 2 aromatic carbocycles. The third kappa shape index (κ3) is 4.56. The minimum absolute atomic E-state index is 0.207. The predicted molar refractivity (Wildman–Crippen MR) is 104 cm³/mol. The summed E-state index contributed by atoms with van der Waals surface area (Å²) in [6.07, 6.45) is 1.70. The topological polar surface area (TPSA) is 65.7 Å². The van der Waals surface area contributed by atoms with Crippen molar-refractivity contribution in [3.8, 4) is 11.5 Å². The highest BCUT2D eigenvalue weighted by atomic mass is 16.6. The van der Waals surface area contributed by atoms with E-state index in [1.807, 2.05) is 39.0 Å². The molecule has 5 heteroatoms. The summed E-state index contributed by atoms with van der Waals surface area (Å²) in [4.78, 5) is 23.8. The van der Waals surface area contributed by atoms with E-state index in [9.17, 15) is 9.59 Å². The van der Waals surface area contributed by atoms with E-state index in [0.717, 1.165) is 34.9 Å². The van der Waals surface area contributed by atoms with Crippen LogP contribution in [-0.4, -0.2) is 12.6 Å². The Bertz CT molecular complexity index is 1030. The molecule has 0 aliphatic rings. The first kappa shape index (κ1) is 18.7. The van der Waals surface area contributed by atoms with Gasteiger partial charge >= 0.3 is 11.6 Å². The second kappa shape index (κ2) is 8.08. The van der Waals surface area contributed by atoms with Crippen LogP contribution in [0.25, 0.3) is 11.0 Å². The van der Waals surface area contributed by atoms with Crippen LogP contribution in [0.3, 0.4) is 0 Å². The molecule has 140 valence electrons. The standard InChI is InChI=1S/C22H22O5/c1-4-5-16-11-21(23)27-20-12-17(7-8-18(16)20)26-22(24)13-25-19-9-6-14(2)10-15(19)3/h6-12H,4-5,13H2,1-3H3. The maximum absolute atomic E-state index is 12.1. The van der Waals surface area contributed by atoms with Crippen molar-refractivity contribution in [2.75, 3.05) is 6.61 Å². The maximum Gasteiger partial charge on any atom is 0.349 e. The van der Waals surface area contributed by atoms with E-state index in [4.69, 9.17) is 13.9 Å². The fourth-order valence-electron chi connectivity index (χ4n) is 3.01. The van der Waals surface area contributed by atoms with Crippen molar-refractivity contribution in [2.45, 2.75) is 33.6 Å². The first-order valence-corrected chi connectivity index (χ1v) is 8.94. The number of carbonyl (C=O) groups excluding carboxylic acids is 1. The Morgan fingerprint density at radius 3 is 2.63 bits per heavy atom. The monoisotopic (exact) mass is 366 g/mol. The lowest BCUT2D eigenvalue weighted by Crippen LogP contribution is -2.18. The van der Waals surface area contributed by atoms with Gasteiger partial charge in [0.2, 0.25) is 0 Å². The average Bonchev–Trinajstić information content (AvgIpc) is 2.61. The van der Waals surface area contributed by atoms with Gasteiger partial charge in [-0.05, 0) is 49.6 Å². The lowest BCUT2D eigenvalue weighted by atomic mass is 10.1. The number of ether oxygens (including phenoxy) is 2. The highest BCUT2D eigenvalue weighted by molar-refractivity contribution is 5.83. The predicted octanol–water partition coefficient (Wildman–Crippen LogP) is 4.35. The quantitative estimate of drug-likeness (QED) is 0.369. The minimum Gasteiger partial charge on any atom is -0.482 e. The second-order valence-electron chi connectivity index (χ2n) is 6.53. The maximum atomic E-state index is 12.1. The van der Waals surface area contributed by atoms with Gasteiger partial charge in [0.05, 0.1) is 0 Å². The number of hydrogen-bond donors (Lipinski definition) is 0. The molecular formula is C22H22O5. The highest BCUT2D eigenvalue weighted by Crippen LogP contribution is 2.24. The molecule has 0 spiro atoms. The molecule has 0 bridgehead atoms. The molecule has 3 aromatic rings. The molecule has 1 aromatic heterocycles. The molecule has 0 saturated heterocycles. The number of esters is 1. The summed E-state index contributed by atoms with van der Waals surface area (Å²) < 4.78 is 16.1. The van der Waals surface area contributed by atoms with Crippen LogP contribution in [0.4, 0.5) is 0 Å². The fourth-order valence-corrected chi connectivity index (χ4v) is 3.01. The largest absolute Gasteiger partial charge is 0.482 e. The molecule has 0 aliphatic carbocycles. The molecule has 0 fully saturated rings. The number of fused-ring (bicyclic) bond motifs is 1. The van der Waals surface area contributed by atoms with Crippen LogP contribution in [0.2, 0.25) is 0 Å². The number of aryl methyl sites for hydroxylation is 3. The third-order valence-electron chi connectivity index (χ3n) is 4.23. The molecule has 0 N–H and O–H groups in total. The molecule has 0 aliphatic heterocycles. The Morgan fingerprint density at radius 1 is 1.07 bits per heavy atom. The zero-order valence-electron chi connectivity index (χ0n) is 15.7. The van der Waals surface area contributed by atoms with Crippen LogP contribution in [-0.2, 0) is 11.2 Å². The lowest BCUT2D eigenvalue weighted by Gasteiger charge is -2.10. The van der Waals surface area contributed by atoms with Crippen molar-refractivity contribution >= 4 is 16.9 Å². The average molecular weight is 366 g/mol. The van der Waals surface area contributed by atoms with Crippen molar-refractivity contribution in [3.63, 3.8) is 0 Å². The van der Waals surface area contributed by atoms with Gasteiger partial charge in [-0.25, -0.2) is 9.59 Å². The van der Waals surface area contributed by atoms with Crippen LogP contribution in [0.5, 0.6) is 11.5 Å². The molecule has 3 rings (SSSR count). The molecule has 0 radical (unpaired) electrons. The molecule has 0 atom stereocenters. The fraction of sp³-hybridized carbons (Fsp3) is 0.273. The summed E-state index contributed by atoms with van der Waals surface area (Å²) in [5, 5.41) is 0.850. The van der Waals surface area contributed by atoms with Crippen LogP contribution in [0, 0.1) is 13.8 Å². The van der Waals surface area contributed by atoms with Gasteiger partial charge in [0.1, 0.15) is 17.1 Å². The van der Waals surface area contributed by atoms with Crippen LogP contribution >= 0.6 is 0 Å². The van der Waals surface area contributed by atoms with E-state index in [1.165, 1.54) is 6.07 Å². The minimum atomic E-state index is -0.526. The van der Waals surface area contributed by atoms with Gasteiger partial charge < -0.3 is 13.9 Å². The van der Waals surface area contributed by atoms with E-state index in [2.05, 4.69) is 0 Å². The van der Waals surface area contributed by atoms with Gasteiger partial charge in [0.15, 0.2) is 6.61 Å². The molecule has 5 nitrogen and oxygen atoms in total. The third-order valence-corrected chi connectivity index (χ3v) is 4.23. The van der Waals surface area contributed by atoms with Crippen LogP contribution in [0.15, 0.2) is 51.7 Å². The van der Waals surface area contributed by atoms with Crippen molar-refractivity contribution in [3.05, 3.63) is 69.6 Å². The van der Waals surface area contributed by atoms with Gasteiger partial charge in [-0.2, -0.15) is 0 Å². The second-order valence-corrected chi connectivity index (χ2v) is 6.53. The Morgan fingerprint density at radius 2 is 1.89 bits per heavy atom. The first-order chi connectivity index (χ1) is 13.0. The van der Waals surface area contributed by atoms with E-state index in [0.29, 0.717) is 17.1 Å². The van der Waals surface area contributed by atoms with Gasteiger partial charge in [-0.3, -0.25) is 0 Å². The van der Waals surface area contributed by atoms with E-state index < -0.39 is 11.6 Å². The number of rotatable bonds is 6. The molecule has 1 heterocycles. The van der Waals surface area contributed by atoms with Crippen LogP contribution < -0.4 is 15.1 Å². The summed E-state index contributed by atoms with van der Waals surface area (Å²) in [5.74, 6) is 0.432. The summed E-state index contributed by atoms with van der Waals surface area (Å²) in [5.41, 5.74) is 3.01. The molecule has 27 heavy (non-hydrogen) atoms. The summed E-state index contributed by atoms with van der Waals surface area (Å²) in [6.45, 7) is 5.76. The molecular weight excluding hydrogens is 344 g/mol. The highest BCUT2D eigenvalue weighted by Gasteiger charge is 2.11. The van der Waals surface area contributed by atoms with Gasteiger partial charge in [0, 0.05) is 17.5 Å². The van der Waals surface area contributed by atoms with Crippen LogP contribution in [0.1, 0.15) is 30.0 Å². The van der Waals surface area contributed by atoms with Gasteiger partial charge in [-0.1, -0.05) is 31.0 Å². The Kier molecular flexibility index (Phi) is 5.60. The smallest absolute Gasteiger partial charge is 0.349 e. The van der Waals surface area contributed by atoms with Gasteiger partial charge in [-0.15, -0.1) is 0 Å². The van der Waals surface area contributed by atoms with E-state index >= 15 is 0 Å². The zero-order chi connectivity index (χ0) is 19.4. The summed E-state index contributed by atoms with van der Waals surface area (Å²) in [7, 11) is 0. The molecule has 0 saturated carbocycles. The lowest BCUT2D eigenvalue weighted by molar-refractivity contribution is -0.136. The van der Waals surface area contributed by atoms with E-state index in [-0.39, 0.29) is 6.61 Å². The van der Waals surface area contributed by atoms with Crippen molar-refractivity contribution in [1.82, 2.24) is 0 Å². The SMILES string of the molecule is CCCc1cc(=O)oc2cc(OC(=O)COc3ccc(C)cc3C)ccc12.